The summed E-state index contributed by atoms with van der Waals surface area (Å²) in [7, 11) is 0. The molecule has 4 nitrogen and oxygen atoms in total. The van der Waals surface area contributed by atoms with Crippen molar-refractivity contribution in [3.63, 3.8) is 0 Å². The Morgan fingerprint density at radius 1 is 1.65 bits per heavy atom. The van der Waals surface area contributed by atoms with Crippen LogP contribution in [0.5, 0.6) is 5.75 Å². The second-order valence-electron chi connectivity index (χ2n) is 3.86. The monoisotopic (exact) mass is 255 g/mol. The molecule has 1 atom stereocenters. The van der Waals surface area contributed by atoms with E-state index in [1.54, 1.807) is 6.07 Å². The third kappa shape index (κ3) is 2.90. The highest BCUT2D eigenvalue weighted by Gasteiger charge is 2.26. The Kier molecular flexibility index (Phi) is 3.86. The van der Waals surface area contributed by atoms with Gasteiger partial charge in [-0.15, -0.1) is 0 Å². The van der Waals surface area contributed by atoms with Crippen LogP contribution in [0.3, 0.4) is 0 Å². The van der Waals surface area contributed by atoms with Gasteiger partial charge in [-0.3, -0.25) is 9.63 Å². The van der Waals surface area contributed by atoms with Gasteiger partial charge in [-0.2, -0.15) is 0 Å². The lowest BCUT2D eigenvalue weighted by molar-refractivity contribution is -0.138. The Labute approximate surface area is 105 Å². The van der Waals surface area contributed by atoms with Crippen LogP contribution in [0.25, 0.3) is 0 Å². The Bertz CT molecular complexity index is 422. The Hall–Kier alpha value is -1.26. The van der Waals surface area contributed by atoms with Gasteiger partial charge in [-0.1, -0.05) is 11.6 Å². The van der Waals surface area contributed by atoms with Crippen molar-refractivity contribution >= 4 is 17.5 Å². The Morgan fingerprint density at radius 2 is 2.47 bits per heavy atom. The van der Waals surface area contributed by atoms with Crippen molar-refractivity contribution in [2.45, 2.75) is 13.3 Å². The first kappa shape index (κ1) is 12.2. The normalized spacial score (nSPS) is 18.1. The topological polar surface area (TPSA) is 47.6 Å². The van der Waals surface area contributed by atoms with E-state index < -0.39 is 0 Å². The van der Waals surface area contributed by atoms with Crippen LogP contribution < -0.4 is 10.2 Å². The van der Waals surface area contributed by atoms with Gasteiger partial charge in [0.05, 0.1) is 12.5 Å². The van der Waals surface area contributed by atoms with Crippen LogP contribution in [0.1, 0.15) is 12.5 Å². The maximum absolute atomic E-state index is 11.7. The maximum atomic E-state index is 11.7. The average molecular weight is 256 g/mol. The fourth-order valence-corrected chi connectivity index (χ4v) is 1.95. The van der Waals surface area contributed by atoms with Crippen LogP contribution in [0.2, 0.25) is 5.02 Å². The van der Waals surface area contributed by atoms with Gasteiger partial charge in [-0.05, 0) is 37.1 Å². The minimum atomic E-state index is -0.229. The molecule has 17 heavy (non-hydrogen) atoms. The van der Waals surface area contributed by atoms with E-state index in [9.17, 15) is 4.79 Å². The zero-order valence-electron chi connectivity index (χ0n) is 9.53. The third-order valence-corrected chi connectivity index (χ3v) is 2.85. The quantitative estimate of drug-likeness (QED) is 0.840. The van der Waals surface area contributed by atoms with Gasteiger partial charge in [0.1, 0.15) is 12.4 Å². The largest absolute Gasteiger partial charge is 0.492 e. The molecular formula is C12H14ClNO3. The lowest BCUT2D eigenvalue weighted by atomic mass is 9.96. The molecule has 0 saturated carbocycles. The highest BCUT2D eigenvalue weighted by atomic mass is 35.5. The summed E-state index contributed by atoms with van der Waals surface area (Å²) in [5.74, 6) is 0.417. The fraction of sp³-hybridized carbons (Fsp3) is 0.417. The molecule has 1 heterocycles. The number of amides is 1. The number of halogens is 1. The first-order valence-electron chi connectivity index (χ1n) is 5.53. The van der Waals surface area contributed by atoms with Crippen LogP contribution >= 0.6 is 11.6 Å². The average Bonchev–Trinajstić information content (AvgIpc) is 2.35. The summed E-state index contributed by atoms with van der Waals surface area (Å²) >= 11 is 5.91. The Balaban J connectivity index is 2.04. The van der Waals surface area contributed by atoms with E-state index in [-0.39, 0.29) is 11.8 Å². The molecule has 0 saturated heterocycles. The molecule has 5 heteroatoms. The summed E-state index contributed by atoms with van der Waals surface area (Å²) in [6.07, 6.45) is 0.620. The maximum Gasteiger partial charge on any atom is 0.250 e. The molecule has 0 aliphatic carbocycles. The van der Waals surface area contributed by atoms with Crippen molar-refractivity contribution in [3.05, 3.63) is 28.8 Å². The predicted molar refractivity (Wildman–Crippen MR) is 63.9 cm³/mol. The summed E-state index contributed by atoms with van der Waals surface area (Å²) in [5, 5.41) is 0.651. The highest BCUT2D eigenvalue weighted by Crippen LogP contribution is 2.29. The minimum absolute atomic E-state index is 0.155. The molecule has 1 aliphatic heterocycles. The molecular weight excluding hydrogens is 242 g/mol. The van der Waals surface area contributed by atoms with Gasteiger partial charge in [-0.25, -0.2) is 5.48 Å². The summed E-state index contributed by atoms with van der Waals surface area (Å²) < 4.78 is 5.52. The lowest BCUT2D eigenvalue weighted by Crippen LogP contribution is -2.37. The van der Waals surface area contributed by atoms with Crippen molar-refractivity contribution < 1.29 is 14.4 Å². The van der Waals surface area contributed by atoms with Gasteiger partial charge in [0.25, 0.3) is 0 Å². The first-order valence-corrected chi connectivity index (χ1v) is 5.91. The van der Waals surface area contributed by atoms with Crippen molar-refractivity contribution in [3.8, 4) is 5.75 Å². The molecule has 92 valence electrons. The molecule has 1 unspecified atom stereocenters. The highest BCUT2D eigenvalue weighted by molar-refractivity contribution is 6.30. The van der Waals surface area contributed by atoms with Crippen molar-refractivity contribution in [2.24, 2.45) is 5.92 Å². The second kappa shape index (κ2) is 5.38. The van der Waals surface area contributed by atoms with Crippen molar-refractivity contribution in [1.82, 2.24) is 5.48 Å². The van der Waals surface area contributed by atoms with Crippen LogP contribution in [0.4, 0.5) is 0 Å². The van der Waals surface area contributed by atoms with Crippen LogP contribution in [0.15, 0.2) is 18.2 Å². The number of benzene rings is 1. The minimum Gasteiger partial charge on any atom is -0.492 e. The van der Waals surface area contributed by atoms with Crippen LogP contribution in [0, 0.1) is 5.92 Å². The fourth-order valence-electron chi connectivity index (χ4n) is 1.76. The van der Waals surface area contributed by atoms with E-state index in [2.05, 4.69) is 5.48 Å². The van der Waals surface area contributed by atoms with Crippen LogP contribution in [-0.4, -0.2) is 19.1 Å². The molecule has 0 aromatic heterocycles. The number of carbonyl (C=O) groups is 1. The number of ether oxygens (including phenoxy) is 1. The smallest absolute Gasteiger partial charge is 0.250 e. The molecule has 1 amide bonds. The Morgan fingerprint density at radius 3 is 3.24 bits per heavy atom. The van der Waals surface area contributed by atoms with E-state index in [0.717, 1.165) is 11.3 Å². The summed E-state index contributed by atoms with van der Waals surface area (Å²) in [6, 6.07) is 5.44. The van der Waals surface area contributed by atoms with E-state index in [1.165, 1.54) is 0 Å². The predicted octanol–water partition coefficient (Wildman–Crippen LogP) is 1.96. The molecule has 1 aromatic rings. The van der Waals surface area contributed by atoms with E-state index in [1.807, 2.05) is 19.1 Å². The number of carbonyl (C=O) groups excluding carboxylic acids is 1. The van der Waals surface area contributed by atoms with E-state index >= 15 is 0 Å². The lowest BCUT2D eigenvalue weighted by Gasteiger charge is -2.24. The van der Waals surface area contributed by atoms with Gasteiger partial charge < -0.3 is 4.74 Å². The molecule has 2 rings (SSSR count). The SMILES string of the molecule is CCONC(=O)C1COc2ccc(Cl)cc2C1. The van der Waals surface area contributed by atoms with Crippen molar-refractivity contribution in [1.29, 1.82) is 0 Å². The molecule has 1 aromatic carbocycles. The zero-order chi connectivity index (χ0) is 12.3. The van der Waals surface area contributed by atoms with Gasteiger partial charge in [0.2, 0.25) is 5.91 Å². The van der Waals surface area contributed by atoms with Gasteiger partial charge >= 0.3 is 0 Å². The van der Waals surface area contributed by atoms with Crippen molar-refractivity contribution in [2.75, 3.05) is 13.2 Å². The van der Waals surface area contributed by atoms with Gasteiger partial charge in [0, 0.05) is 5.02 Å². The van der Waals surface area contributed by atoms with E-state index in [4.69, 9.17) is 21.2 Å². The standard InChI is InChI=1S/C12H14ClNO3/c1-2-17-14-12(15)9-5-8-6-10(13)3-4-11(8)16-7-9/h3-4,6,9H,2,5,7H2,1H3,(H,14,15). The molecule has 1 aliphatic rings. The molecule has 1 N–H and O–H groups in total. The van der Waals surface area contributed by atoms with Gasteiger partial charge in [0.15, 0.2) is 0 Å². The number of rotatable bonds is 3. The summed E-state index contributed by atoms with van der Waals surface area (Å²) in [4.78, 5) is 16.6. The first-order chi connectivity index (χ1) is 8.20. The number of hydroxylamine groups is 1. The molecule has 0 bridgehead atoms. The number of fused-ring (bicyclic) bond motifs is 1. The number of nitrogens with one attached hydrogen (secondary N) is 1. The van der Waals surface area contributed by atoms with E-state index in [0.29, 0.717) is 24.7 Å². The summed E-state index contributed by atoms with van der Waals surface area (Å²) in [6.45, 7) is 2.63. The van der Waals surface area contributed by atoms with Crippen LogP contribution in [-0.2, 0) is 16.1 Å². The molecule has 0 spiro atoms. The second-order valence-corrected chi connectivity index (χ2v) is 4.30. The summed E-state index contributed by atoms with van der Waals surface area (Å²) in [5.41, 5.74) is 3.35. The third-order valence-electron chi connectivity index (χ3n) is 2.62. The zero-order valence-corrected chi connectivity index (χ0v) is 10.3. The number of hydrogen-bond donors (Lipinski definition) is 1. The molecule has 0 radical (unpaired) electrons. The molecule has 0 fully saturated rings. The number of hydrogen-bond acceptors (Lipinski definition) is 3.